The van der Waals surface area contributed by atoms with Crippen molar-refractivity contribution in [1.82, 2.24) is 0 Å². The van der Waals surface area contributed by atoms with Crippen LogP contribution in [-0.4, -0.2) is 17.8 Å². The maximum absolute atomic E-state index is 10.6. The number of hydrogen-bond acceptors (Lipinski definition) is 4. The SMILES string of the molecule is O=C=NC1(N=C=O)C=CCC2=C1c1ccccc12. The average molecular weight is 236 g/mol. The summed E-state index contributed by atoms with van der Waals surface area (Å²) in [6, 6.07) is 7.80. The molecule has 0 N–H and O–H groups in total. The maximum atomic E-state index is 10.6. The number of allylic oxidation sites excluding steroid dienone is 2. The second kappa shape index (κ2) is 3.74. The lowest BCUT2D eigenvalue weighted by molar-refractivity contribution is 0.546. The number of hydrogen-bond donors (Lipinski definition) is 0. The Morgan fingerprint density at radius 1 is 1.06 bits per heavy atom. The van der Waals surface area contributed by atoms with Crippen molar-refractivity contribution in [3.05, 3.63) is 47.5 Å². The summed E-state index contributed by atoms with van der Waals surface area (Å²) >= 11 is 0. The van der Waals surface area contributed by atoms with Crippen molar-refractivity contribution >= 4 is 23.3 Å². The van der Waals surface area contributed by atoms with Gasteiger partial charge in [-0.05, 0) is 29.2 Å². The standard InChI is InChI=1S/C14H8N2O2/c17-8-15-14(16-9-18)7-3-6-12-10-4-1-2-5-11(10)13(12)14/h1-5,7H,6H2. The lowest BCUT2D eigenvalue weighted by atomic mass is 9.70. The van der Waals surface area contributed by atoms with Crippen molar-refractivity contribution in [3.63, 3.8) is 0 Å². The normalized spacial score (nSPS) is 23.1. The minimum atomic E-state index is -1.26. The van der Waals surface area contributed by atoms with E-state index < -0.39 is 5.66 Å². The van der Waals surface area contributed by atoms with Gasteiger partial charge in [0.1, 0.15) is 0 Å². The molecule has 1 aromatic rings. The van der Waals surface area contributed by atoms with Crippen LogP contribution in [0.15, 0.2) is 46.4 Å². The van der Waals surface area contributed by atoms with E-state index in [0.717, 1.165) is 28.7 Å². The number of carbonyl (C=O) groups excluding carboxylic acids is 2. The zero-order valence-electron chi connectivity index (χ0n) is 9.38. The molecule has 0 bridgehead atoms. The predicted molar refractivity (Wildman–Crippen MR) is 66.0 cm³/mol. The van der Waals surface area contributed by atoms with Crippen LogP contribution in [0, 0.1) is 0 Å². The van der Waals surface area contributed by atoms with Crippen LogP contribution in [0.3, 0.4) is 0 Å². The van der Waals surface area contributed by atoms with E-state index in [1.54, 1.807) is 6.08 Å². The summed E-state index contributed by atoms with van der Waals surface area (Å²) in [5.74, 6) is 0. The van der Waals surface area contributed by atoms with E-state index in [1.165, 1.54) is 12.2 Å². The van der Waals surface area contributed by atoms with Crippen molar-refractivity contribution in [2.75, 3.05) is 0 Å². The number of aliphatic imine (C=N–C) groups is 2. The summed E-state index contributed by atoms with van der Waals surface area (Å²) in [7, 11) is 0. The summed E-state index contributed by atoms with van der Waals surface area (Å²) < 4.78 is 0. The van der Waals surface area contributed by atoms with Crippen LogP contribution in [0.5, 0.6) is 0 Å². The Morgan fingerprint density at radius 3 is 2.39 bits per heavy atom. The lowest BCUT2D eigenvalue weighted by Gasteiger charge is -2.37. The molecule has 86 valence electrons. The molecule has 0 saturated carbocycles. The van der Waals surface area contributed by atoms with Gasteiger partial charge in [0.2, 0.25) is 17.8 Å². The molecule has 0 atom stereocenters. The second-order valence-electron chi connectivity index (χ2n) is 4.14. The Kier molecular flexibility index (Phi) is 2.20. The highest BCUT2D eigenvalue weighted by molar-refractivity contribution is 6.09. The van der Waals surface area contributed by atoms with Gasteiger partial charge in [-0.3, -0.25) is 0 Å². The zero-order valence-corrected chi connectivity index (χ0v) is 9.38. The largest absolute Gasteiger partial charge is 0.238 e. The molecule has 0 fully saturated rings. The molecular weight excluding hydrogens is 228 g/mol. The van der Waals surface area contributed by atoms with Gasteiger partial charge < -0.3 is 0 Å². The Balaban J connectivity index is 2.24. The fourth-order valence-corrected chi connectivity index (χ4v) is 2.61. The van der Waals surface area contributed by atoms with Crippen LogP contribution in [0.2, 0.25) is 0 Å². The quantitative estimate of drug-likeness (QED) is 0.449. The van der Waals surface area contributed by atoms with Gasteiger partial charge in [0.05, 0.1) is 0 Å². The zero-order chi connectivity index (χ0) is 12.6. The first-order valence-electron chi connectivity index (χ1n) is 5.51. The van der Waals surface area contributed by atoms with Gasteiger partial charge in [-0.1, -0.05) is 30.3 Å². The van der Waals surface area contributed by atoms with Crippen molar-refractivity contribution in [2.24, 2.45) is 9.98 Å². The molecule has 0 saturated heterocycles. The molecule has 2 aliphatic carbocycles. The first-order valence-corrected chi connectivity index (χ1v) is 5.51. The third kappa shape index (κ3) is 1.22. The molecular formula is C14H8N2O2. The number of fused-ring (bicyclic) bond motifs is 3. The summed E-state index contributed by atoms with van der Waals surface area (Å²) in [5, 5.41) is 0. The predicted octanol–water partition coefficient (Wildman–Crippen LogP) is 2.24. The van der Waals surface area contributed by atoms with E-state index in [2.05, 4.69) is 9.98 Å². The molecule has 4 heteroatoms. The van der Waals surface area contributed by atoms with Crippen LogP contribution in [-0.2, 0) is 9.59 Å². The fourth-order valence-electron chi connectivity index (χ4n) is 2.61. The molecule has 0 unspecified atom stereocenters. The first-order chi connectivity index (χ1) is 8.82. The van der Waals surface area contributed by atoms with E-state index in [4.69, 9.17) is 0 Å². The molecule has 0 spiro atoms. The van der Waals surface area contributed by atoms with Gasteiger partial charge in [-0.2, -0.15) is 9.98 Å². The molecule has 1 aromatic carbocycles. The Labute approximate surface area is 103 Å². The second-order valence-corrected chi connectivity index (χ2v) is 4.14. The third-order valence-electron chi connectivity index (χ3n) is 3.30. The summed E-state index contributed by atoms with van der Waals surface area (Å²) in [4.78, 5) is 28.6. The highest BCUT2D eigenvalue weighted by atomic mass is 16.1. The molecule has 0 aliphatic heterocycles. The van der Waals surface area contributed by atoms with Gasteiger partial charge in [-0.15, -0.1) is 0 Å². The van der Waals surface area contributed by atoms with E-state index >= 15 is 0 Å². The van der Waals surface area contributed by atoms with Crippen molar-refractivity contribution in [1.29, 1.82) is 0 Å². The molecule has 0 amide bonds. The first kappa shape index (κ1) is 10.6. The summed E-state index contributed by atoms with van der Waals surface area (Å²) in [6.07, 6.45) is 7.26. The number of isocyanates is 2. The third-order valence-corrected chi connectivity index (χ3v) is 3.30. The lowest BCUT2D eigenvalue weighted by Crippen LogP contribution is -2.30. The van der Waals surface area contributed by atoms with Gasteiger partial charge in [0, 0.05) is 5.57 Å². The van der Waals surface area contributed by atoms with Crippen LogP contribution >= 0.6 is 0 Å². The van der Waals surface area contributed by atoms with Gasteiger partial charge in [0.25, 0.3) is 0 Å². The monoisotopic (exact) mass is 236 g/mol. The Hall–Kier alpha value is -2.54. The maximum Gasteiger partial charge on any atom is 0.238 e. The molecule has 3 rings (SSSR count). The molecule has 0 radical (unpaired) electrons. The average Bonchev–Trinajstić information content (AvgIpc) is 2.36. The number of rotatable bonds is 2. The van der Waals surface area contributed by atoms with Crippen molar-refractivity contribution in [3.8, 4) is 0 Å². The van der Waals surface area contributed by atoms with E-state index in [-0.39, 0.29) is 0 Å². The van der Waals surface area contributed by atoms with E-state index in [9.17, 15) is 9.59 Å². The summed E-state index contributed by atoms with van der Waals surface area (Å²) in [5.41, 5.74) is 2.74. The molecule has 18 heavy (non-hydrogen) atoms. The van der Waals surface area contributed by atoms with Crippen LogP contribution in [0.1, 0.15) is 17.5 Å². The Bertz CT molecular complexity index is 670. The topological polar surface area (TPSA) is 58.9 Å². The number of nitrogens with zero attached hydrogens (tertiary/aromatic N) is 2. The fraction of sp³-hybridized carbons (Fsp3) is 0.143. The minimum absolute atomic E-state index is 0.761. The van der Waals surface area contributed by atoms with Gasteiger partial charge in [0.15, 0.2) is 0 Å². The molecule has 0 heterocycles. The Morgan fingerprint density at radius 2 is 1.72 bits per heavy atom. The van der Waals surface area contributed by atoms with E-state index in [0.29, 0.717) is 0 Å². The van der Waals surface area contributed by atoms with E-state index in [1.807, 2.05) is 30.3 Å². The summed E-state index contributed by atoms with van der Waals surface area (Å²) in [6.45, 7) is 0. The highest BCUT2D eigenvalue weighted by Gasteiger charge is 2.43. The van der Waals surface area contributed by atoms with Crippen molar-refractivity contribution < 1.29 is 9.59 Å². The van der Waals surface area contributed by atoms with Crippen LogP contribution in [0.4, 0.5) is 0 Å². The van der Waals surface area contributed by atoms with Crippen molar-refractivity contribution in [2.45, 2.75) is 12.1 Å². The molecule has 2 aliphatic rings. The molecule has 0 aromatic heterocycles. The van der Waals surface area contributed by atoms with Gasteiger partial charge >= 0.3 is 0 Å². The van der Waals surface area contributed by atoms with Crippen LogP contribution < -0.4 is 0 Å². The molecule has 4 nitrogen and oxygen atoms in total. The van der Waals surface area contributed by atoms with Crippen LogP contribution in [0.25, 0.3) is 11.1 Å². The minimum Gasteiger partial charge on any atom is -0.211 e. The smallest absolute Gasteiger partial charge is 0.211 e. The van der Waals surface area contributed by atoms with Gasteiger partial charge in [-0.25, -0.2) is 9.59 Å². The number of benzene rings is 1. The highest BCUT2D eigenvalue weighted by Crippen LogP contribution is 2.52.